The molecule has 0 saturated heterocycles. The van der Waals surface area contributed by atoms with Gasteiger partial charge in [-0.3, -0.25) is 4.79 Å². The monoisotopic (exact) mass is 395 g/mol. The van der Waals surface area contributed by atoms with Crippen LogP contribution in [0.1, 0.15) is 60.9 Å². The molecular formula is C21H25N5O3. The summed E-state index contributed by atoms with van der Waals surface area (Å²) < 4.78 is 10.5. The Hall–Kier alpha value is -3.16. The number of aromatic amines is 1. The van der Waals surface area contributed by atoms with Crippen LogP contribution in [0.15, 0.2) is 35.1 Å². The fraction of sp³-hybridized carbons (Fsp3) is 0.429. The second kappa shape index (κ2) is 8.06. The standard InChI is InChI=1S/C21H25N5O3/c1-13(2)21-24-17(29-25-21)8-9-18(27)26-11-10-16-19(23-12-22-16)20(26)14-4-6-15(28-3)7-5-14/h4-7,12-13,20H,8-11H2,1-3H3,(H,22,23)/t20-/m0/s1. The highest BCUT2D eigenvalue weighted by Gasteiger charge is 2.34. The third kappa shape index (κ3) is 3.87. The van der Waals surface area contributed by atoms with Gasteiger partial charge < -0.3 is 19.1 Å². The quantitative estimate of drug-likeness (QED) is 0.689. The first-order valence-corrected chi connectivity index (χ1v) is 9.85. The van der Waals surface area contributed by atoms with Crippen molar-refractivity contribution >= 4 is 5.91 Å². The number of rotatable bonds is 6. The van der Waals surface area contributed by atoms with E-state index in [1.165, 1.54) is 0 Å². The number of nitrogens with zero attached hydrogens (tertiary/aromatic N) is 4. The van der Waals surface area contributed by atoms with Gasteiger partial charge in [0.05, 0.1) is 19.1 Å². The Morgan fingerprint density at radius 2 is 2.14 bits per heavy atom. The van der Waals surface area contributed by atoms with Crippen LogP contribution in [0.3, 0.4) is 0 Å². The Labute approximate surface area is 169 Å². The molecule has 2 aromatic heterocycles. The van der Waals surface area contributed by atoms with Crippen molar-refractivity contribution in [3.63, 3.8) is 0 Å². The molecule has 1 atom stereocenters. The van der Waals surface area contributed by atoms with Gasteiger partial charge in [0, 0.05) is 37.4 Å². The fourth-order valence-corrected chi connectivity index (χ4v) is 3.63. The second-order valence-corrected chi connectivity index (χ2v) is 7.48. The van der Waals surface area contributed by atoms with Crippen molar-refractivity contribution in [2.75, 3.05) is 13.7 Å². The second-order valence-electron chi connectivity index (χ2n) is 7.48. The smallest absolute Gasteiger partial charge is 0.227 e. The van der Waals surface area contributed by atoms with E-state index in [2.05, 4.69) is 20.1 Å². The topological polar surface area (TPSA) is 97.1 Å². The number of fused-ring (bicyclic) bond motifs is 1. The molecule has 0 radical (unpaired) electrons. The van der Waals surface area contributed by atoms with Crippen molar-refractivity contribution in [1.29, 1.82) is 0 Å². The predicted octanol–water partition coefficient (Wildman–Crippen LogP) is 3.03. The molecular weight excluding hydrogens is 370 g/mol. The molecule has 4 rings (SSSR count). The number of aryl methyl sites for hydroxylation is 1. The summed E-state index contributed by atoms with van der Waals surface area (Å²) in [5.41, 5.74) is 2.98. The number of carbonyl (C=O) groups excluding carboxylic acids is 1. The molecule has 0 spiro atoms. The van der Waals surface area contributed by atoms with E-state index in [9.17, 15) is 4.79 Å². The van der Waals surface area contributed by atoms with Crippen LogP contribution < -0.4 is 4.74 Å². The predicted molar refractivity (Wildman–Crippen MR) is 106 cm³/mol. The minimum Gasteiger partial charge on any atom is -0.497 e. The molecule has 0 bridgehead atoms. The average Bonchev–Trinajstić information content (AvgIpc) is 3.41. The van der Waals surface area contributed by atoms with Crippen molar-refractivity contribution < 1.29 is 14.1 Å². The van der Waals surface area contributed by atoms with E-state index in [0.717, 1.165) is 29.1 Å². The maximum Gasteiger partial charge on any atom is 0.227 e. The molecule has 1 N–H and O–H groups in total. The number of carbonyl (C=O) groups is 1. The summed E-state index contributed by atoms with van der Waals surface area (Å²) in [5, 5.41) is 3.97. The fourth-order valence-electron chi connectivity index (χ4n) is 3.63. The van der Waals surface area contributed by atoms with Gasteiger partial charge in [-0.1, -0.05) is 31.1 Å². The zero-order valence-corrected chi connectivity index (χ0v) is 16.9. The Bertz CT molecular complexity index is 976. The minimum absolute atomic E-state index is 0.0452. The minimum atomic E-state index is -0.225. The summed E-state index contributed by atoms with van der Waals surface area (Å²) in [5.74, 6) is 2.19. The van der Waals surface area contributed by atoms with Gasteiger partial charge in [0.15, 0.2) is 5.82 Å². The molecule has 29 heavy (non-hydrogen) atoms. The maximum absolute atomic E-state index is 13.1. The first-order valence-electron chi connectivity index (χ1n) is 9.85. The van der Waals surface area contributed by atoms with Gasteiger partial charge >= 0.3 is 0 Å². The van der Waals surface area contributed by atoms with Crippen LogP contribution in [0.5, 0.6) is 5.75 Å². The zero-order valence-electron chi connectivity index (χ0n) is 16.9. The summed E-state index contributed by atoms with van der Waals surface area (Å²) in [7, 11) is 1.64. The summed E-state index contributed by atoms with van der Waals surface area (Å²) in [4.78, 5) is 27.1. The van der Waals surface area contributed by atoms with Crippen LogP contribution >= 0.6 is 0 Å². The normalized spacial score (nSPS) is 16.1. The van der Waals surface area contributed by atoms with E-state index in [1.54, 1.807) is 13.4 Å². The average molecular weight is 395 g/mol. The molecule has 0 unspecified atom stereocenters. The Balaban J connectivity index is 1.54. The van der Waals surface area contributed by atoms with E-state index in [4.69, 9.17) is 9.26 Å². The molecule has 1 aromatic carbocycles. The van der Waals surface area contributed by atoms with Crippen LogP contribution in [0.2, 0.25) is 0 Å². The lowest BCUT2D eigenvalue weighted by atomic mass is 9.95. The van der Waals surface area contributed by atoms with Gasteiger partial charge in [0.2, 0.25) is 11.8 Å². The van der Waals surface area contributed by atoms with E-state index in [-0.39, 0.29) is 17.9 Å². The summed E-state index contributed by atoms with van der Waals surface area (Å²) in [6.07, 6.45) is 3.19. The van der Waals surface area contributed by atoms with Crippen LogP contribution in [-0.4, -0.2) is 44.6 Å². The van der Waals surface area contributed by atoms with E-state index < -0.39 is 0 Å². The summed E-state index contributed by atoms with van der Waals surface area (Å²) in [6.45, 7) is 4.65. The SMILES string of the molecule is COc1ccc([C@H]2c3nc[nH]c3CCN2C(=O)CCc2nc(C(C)C)no2)cc1. The first kappa shape index (κ1) is 19.2. The van der Waals surface area contributed by atoms with E-state index >= 15 is 0 Å². The third-order valence-electron chi connectivity index (χ3n) is 5.23. The number of ether oxygens (including phenoxy) is 1. The maximum atomic E-state index is 13.1. The van der Waals surface area contributed by atoms with E-state index in [0.29, 0.717) is 31.1 Å². The van der Waals surface area contributed by atoms with Crippen molar-refractivity contribution in [2.45, 2.75) is 45.1 Å². The number of hydrogen-bond donors (Lipinski definition) is 1. The highest BCUT2D eigenvalue weighted by atomic mass is 16.5. The lowest BCUT2D eigenvalue weighted by Crippen LogP contribution is -2.40. The van der Waals surface area contributed by atoms with Gasteiger partial charge in [-0.15, -0.1) is 0 Å². The lowest BCUT2D eigenvalue weighted by molar-refractivity contribution is -0.133. The van der Waals surface area contributed by atoms with Crippen LogP contribution in [0.25, 0.3) is 0 Å². The molecule has 1 aliphatic rings. The van der Waals surface area contributed by atoms with Crippen LogP contribution in [0, 0.1) is 0 Å². The van der Waals surface area contributed by atoms with Gasteiger partial charge in [-0.05, 0) is 17.7 Å². The van der Waals surface area contributed by atoms with Crippen molar-refractivity contribution in [3.05, 3.63) is 59.3 Å². The molecule has 152 valence electrons. The largest absolute Gasteiger partial charge is 0.497 e. The Morgan fingerprint density at radius 1 is 1.34 bits per heavy atom. The molecule has 0 fully saturated rings. The number of H-pyrrole nitrogens is 1. The number of imidazole rings is 1. The van der Waals surface area contributed by atoms with Gasteiger partial charge in [0.1, 0.15) is 11.8 Å². The number of methoxy groups -OCH3 is 1. The van der Waals surface area contributed by atoms with Crippen LogP contribution in [-0.2, 0) is 17.6 Å². The highest BCUT2D eigenvalue weighted by molar-refractivity contribution is 5.77. The van der Waals surface area contributed by atoms with Gasteiger partial charge in [-0.25, -0.2) is 4.98 Å². The number of amides is 1. The molecule has 1 amide bonds. The molecule has 8 heteroatoms. The van der Waals surface area contributed by atoms with Gasteiger partial charge in [-0.2, -0.15) is 4.98 Å². The number of nitrogens with one attached hydrogen (secondary N) is 1. The van der Waals surface area contributed by atoms with Crippen molar-refractivity contribution in [3.8, 4) is 5.75 Å². The molecule has 0 aliphatic carbocycles. The first-order chi connectivity index (χ1) is 14.1. The molecule has 0 saturated carbocycles. The highest BCUT2D eigenvalue weighted by Crippen LogP contribution is 2.34. The summed E-state index contributed by atoms with van der Waals surface area (Å²) in [6, 6.07) is 7.56. The molecule has 3 heterocycles. The van der Waals surface area contributed by atoms with Gasteiger partial charge in [0.25, 0.3) is 0 Å². The number of aromatic nitrogens is 4. The lowest BCUT2D eigenvalue weighted by Gasteiger charge is -2.35. The van der Waals surface area contributed by atoms with Crippen molar-refractivity contribution in [2.24, 2.45) is 0 Å². The number of benzene rings is 1. The number of hydrogen-bond acceptors (Lipinski definition) is 6. The zero-order chi connectivity index (χ0) is 20.4. The Morgan fingerprint density at radius 3 is 2.83 bits per heavy atom. The van der Waals surface area contributed by atoms with E-state index in [1.807, 2.05) is 43.0 Å². The van der Waals surface area contributed by atoms with Crippen molar-refractivity contribution in [1.82, 2.24) is 25.0 Å². The molecule has 3 aromatic rings. The summed E-state index contributed by atoms with van der Waals surface area (Å²) >= 11 is 0. The van der Waals surface area contributed by atoms with Crippen LogP contribution in [0.4, 0.5) is 0 Å². The third-order valence-corrected chi connectivity index (χ3v) is 5.23. The Kier molecular flexibility index (Phi) is 5.33. The molecule has 8 nitrogen and oxygen atoms in total. The molecule has 1 aliphatic heterocycles.